The molecule has 6 heteroatoms. The van der Waals surface area contributed by atoms with Gasteiger partial charge in [0.1, 0.15) is 6.04 Å². The molecule has 94 valence electrons. The minimum Gasteiger partial charge on any atom is -0.356 e. The summed E-state index contributed by atoms with van der Waals surface area (Å²) in [5, 5.41) is 6.01. The average Bonchev–Trinajstić information content (AvgIpc) is 2.28. The van der Waals surface area contributed by atoms with Gasteiger partial charge in [-0.25, -0.2) is 9.97 Å². The van der Waals surface area contributed by atoms with Gasteiger partial charge < -0.3 is 10.6 Å². The summed E-state index contributed by atoms with van der Waals surface area (Å²) in [6.07, 6.45) is 3.02. The van der Waals surface area contributed by atoms with Crippen LogP contribution in [0.1, 0.15) is 20.8 Å². The van der Waals surface area contributed by atoms with Crippen molar-refractivity contribution in [2.45, 2.75) is 26.8 Å². The van der Waals surface area contributed by atoms with Gasteiger partial charge in [-0.05, 0) is 12.8 Å². The van der Waals surface area contributed by atoms with Gasteiger partial charge in [-0.2, -0.15) is 0 Å². The normalized spacial score (nSPS) is 12.3. The van der Waals surface area contributed by atoms with E-state index in [0.717, 1.165) is 0 Å². The maximum atomic E-state index is 11.7. The van der Waals surface area contributed by atoms with E-state index < -0.39 is 6.04 Å². The van der Waals surface area contributed by atoms with Crippen LogP contribution in [-0.4, -0.2) is 28.5 Å². The first kappa shape index (κ1) is 13.7. The first-order chi connectivity index (χ1) is 8.00. The monoisotopic (exact) mass is 256 g/mol. The Kier molecular flexibility index (Phi) is 5.15. The lowest BCUT2D eigenvalue weighted by Gasteiger charge is -2.15. The lowest BCUT2D eigenvalue weighted by molar-refractivity contribution is -0.121. The number of amides is 1. The van der Waals surface area contributed by atoms with Crippen LogP contribution in [0.15, 0.2) is 12.4 Å². The molecule has 1 amide bonds. The van der Waals surface area contributed by atoms with E-state index in [-0.39, 0.29) is 11.1 Å². The van der Waals surface area contributed by atoms with E-state index in [1.807, 2.05) is 13.8 Å². The number of hydrogen-bond acceptors (Lipinski definition) is 4. The minimum absolute atomic E-state index is 0.0829. The van der Waals surface area contributed by atoms with Crippen molar-refractivity contribution in [1.29, 1.82) is 0 Å². The molecule has 1 aromatic rings. The zero-order valence-corrected chi connectivity index (χ0v) is 11.0. The topological polar surface area (TPSA) is 66.9 Å². The third kappa shape index (κ3) is 4.56. The highest BCUT2D eigenvalue weighted by atomic mass is 35.5. The van der Waals surface area contributed by atoms with Crippen LogP contribution in [0.2, 0.25) is 5.15 Å². The molecule has 17 heavy (non-hydrogen) atoms. The highest BCUT2D eigenvalue weighted by Crippen LogP contribution is 2.14. The predicted molar refractivity (Wildman–Crippen MR) is 68.0 cm³/mol. The summed E-state index contributed by atoms with van der Waals surface area (Å²) in [6.45, 7) is 6.48. The Morgan fingerprint density at radius 2 is 2.00 bits per heavy atom. The molecule has 0 aromatic carbocycles. The smallest absolute Gasteiger partial charge is 0.242 e. The summed E-state index contributed by atoms with van der Waals surface area (Å²) in [4.78, 5) is 19.6. The number of carbonyl (C=O) groups is 1. The molecule has 0 aliphatic carbocycles. The van der Waals surface area contributed by atoms with E-state index in [0.29, 0.717) is 18.3 Å². The molecule has 0 saturated heterocycles. The maximum Gasteiger partial charge on any atom is 0.242 e. The first-order valence-corrected chi connectivity index (χ1v) is 5.89. The average molecular weight is 257 g/mol. The largest absolute Gasteiger partial charge is 0.356 e. The number of aromatic nitrogens is 2. The summed E-state index contributed by atoms with van der Waals surface area (Å²) < 4.78 is 0. The summed E-state index contributed by atoms with van der Waals surface area (Å²) >= 11 is 5.83. The number of halogens is 1. The fraction of sp³-hybridized carbons (Fsp3) is 0.545. The number of hydrogen-bond donors (Lipinski definition) is 2. The van der Waals surface area contributed by atoms with Crippen LogP contribution in [0.3, 0.4) is 0 Å². The second kappa shape index (κ2) is 6.39. The number of rotatable bonds is 5. The van der Waals surface area contributed by atoms with Crippen molar-refractivity contribution in [3.63, 3.8) is 0 Å². The highest BCUT2D eigenvalue weighted by Gasteiger charge is 2.14. The van der Waals surface area contributed by atoms with Crippen molar-refractivity contribution in [2.75, 3.05) is 11.9 Å². The van der Waals surface area contributed by atoms with Crippen LogP contribution in [0.4, 0.5) is 5.82 Å². The molecule has 0 saturated carbocycles. The number of nitrogens with one attached hydrogen (secondary N) is 2. The molecule has 2 N–H and O–H groups in total. The summed E-state index contributed by atoms with van der Waals surface area (Å²) in [5.41, 5.74) is 0. The molecule has 1 unspecified atom stereocenters. The first-order valence-electron chi connectivity index (χ1n) is 5.51. The van der Waals surface area contributed by atoms with E-state index in [1.54, 1.807) is 6.92 Å². The molecule has 1 rings (SSSR count). The second-order valence-electron chi connectivity index (χ2n) is 4.20. The van der Waals surface area contributed by atoms with Gasteiger partial charge in [0.2, 0.25) is 5.91 Å². The van der Waals surface area contributed by atoms with Crippen molar-refractivity contribution in [3.8, 4) is 0 Å². The Morgan fingerprint density at radius 1 is 1.35 bits per heavy atom. The Morgan fingerprint density at radius 3 is 2.59 bits per heavy atom. The predicted octanol–water partition coefficient (Wildman–Crippen LogP) is 1.70. The molecule has 0 aliphatic heterocycles. The SMILES string of the molecule is CC(C)CNC(=O)C(C)Nc1nccnc1Cl. The van der Waals surface area contributed by atoms with Gasteiger partial charge in [-0.3, -0.25) is 4.79 Å². The van der Waals surface area contributed by atoms with E-state index in [1.165, 1.54) is 12.4 Å². The molecule has 0 fully saturated rings. The van der Waals surface area contributed by atoms with Crippen molar-refractivity contribution >= 4 is 23.3 Å². The molecule has 1 atom stereocenters. The summed E-state index contributed by atoms with van der Waals surface area (Å²) in [7, 11) is 0. The lowest BCUT2D eigenvalue weighted by atomic mass is 10.2. The van der Waals surface area contributed by atoms with Crippen LogP contribution in [-0.2, 0) is 4.79 Å². The third-order valence-corrected chi connectivity index (χ3v) is 2.36. The quantitative estimate of drug-likeness (QED) is 0.842. The molecule has 1 aromatic heterocycles. The van der Waals surface area contributed by atoms with E-state index in [9.17, 15) is 4.79 Å². The Bertz CT molecular complexity index is 383. The summed E-state index contributed by atoms with van der Waals surface area (Å²) in [5.74, 6) is 0.757. The van der Waals surface area contributed by atoms with E-state index in [4.69, 9.17) is 11.6 Å². The van der Waals surface area contributed by atoms with Crippen molar-refractivity contribution in [2.24, 2.45) is 5.92 Å². The van der Waals surface area contributed by atoms with Crippen LogP contribution in [0.25, 0.3) is 0 Å². The fourth-order valence-electron chi connectivity index (χ4n) is 1.15. The van der Waals surface area contributed by atoms with Crippen LogP contribution in [0, 0.1) is 5.92 Å². The van der Waals surface area contributed by atoms with Gasteiger partial charge in [0.05, 0.1) is 0 Å². The minimum atomic E-state index is -0.400. The van der Waals surface area contributed by atoms with Gasteiger partial charge in [-0.15, -0.1) is 0 Å². The number of nitrogens with zero attached hydrogens (tertiary/aromatic N) is 2. The number of anilines is 1. The molecule has 0 aliphatic rings. The summed E-state index contributed by atoms with van der Waals surface area (Å²) in [6, 6.07) is -0.400. The Hall–Kier alpha value is -1.36. The molecular formula is C11H17ClN4O. The van der Waals surface area contributed by atoms with Gasteiger partial charge in [0.25, 0.3) is 0 Å². The second-order valence-corrected chi connectivity index (χ2v) is 4.56. The maximum absolute atomic E-state index is 11.7. The van der Waals surface area contributed by atoms with E-state index in [2.05, 4.69) is 20.6 Å². The molecule has 5 nitrogen and oxygen atoms in total. The van der Waals surface area contributed by atoms with Crippen LogP contribution >= 0.6 is 11.6 Å². The van der Waals surface area contributed by atoms with Gasteiger partial charge >= 0.3 is 0 Å². The van der Waals surface area contributed by atoms with E-state index >= 15 is 0 Å². The Labute approximate surface area is 106 Å². The standard InChI is InChI=1S/C11H17ClN4O/c1-7(2)6-15-11(17)8(3)16-10-9(12)13-4-5-14-10/h4-5,7-8H,6H2,1-3H3,(H,14,16)(H,15,17). The number of carbonyl (C=O) groups excluding carboxylic acids is 1. The fourth-order valence-corrected chi connectivity index (χ4v) is 1.31. The van der Waals surface area contributed by atoms with Crippen LogP contribution < -0.4 is 10.6 Å². The third-order valence-electron chi connectivity index (χ3n) is 2.08. The van der Waals surface area contributed by atoms with Gasteiger partial charge in [0.15, 0.2) is 11.0 Å². The highest BCUT2D eigenvalue weighted by molar-refractivity contribution is 6.31. The molecular weight excluding hydrogens is 240 g/mol. The Balaban J connectivity index is 2.51. The zero-order valence-electron chi connectivity index (χ0n) is 10.2. The van der Waals surface area contributed by atoms with Crippen LogP contribution in [0.5, 0.6) is 0 Å². The van der Waals surface area contributed by atoms with Crippen molar-refractivity contribution in [1.82, 2.24) is 15.3 Å². The molecule has 0 bridgehead atoms. The lowest BCUT2D eigenvalue weighted by Crippen LogP contribution is -2.39. The molecule has 0 radical (unpaired) electrons. The van der Waals surface area contributed by atoms with Gasteiger partial charge in [-0.1, -0.05) is 25.4 Å². The molecule has 0 spiro atoms. The zero-order chi connectivity index (χ0) is 12.8. The van der Waals surface area contributed by atoms with Crippen molar-refractivity contribution in [3.05, 3.63) is 17.5 Å². The van der Waals surface area contributed by atoms with Gasteiger partial charge in [0, 0.05) is 18.9 Å². The molecule has 1 heterocycles. The van der Waals surface area contributed by atoms with Crippen molar-refractivity contribution < 1.29 is 4.79 Å².